The van der Waals surface area contributed by atoms with Crippen molar-refractivity contribution in [2.24, 2.45) is 5.92 Å². The predicted octanol–water partition coefficient (Wildman–Crippen LogP) is 2.28. The average Bonchev–Trinajstić information content (AvgIpc) is 3.13. The normalized spacial score (nSPS) is 28.0. The molecule has 1 aliphatic heterocycles. The van der Waals surface area contributed by atoms with Crippen LogP contribution >= 0.6 is 0 Å². The second kappa shape index (κ2) is 5.72. The van der Waals surface area contributed by atoms with E-state index in [2.05, 4.69) is 5.32 Å². The molecule has 1 aromatic rings. The zero-order valence-electron chi connectivity index (χ0n) is 12.1. The molecule has 1 aliphatic carbocycles. The summed E-state index contributed by atoms with van der Waals surface area (Å²) in [6.45, 7) is 1.57. The lowest BCUT2D eigenvalue weighted by Gasteiger charge is -2.24. The van der Waals surface area contributed by atoms with Crippen LogP contribution in [0, 0.1) is 17.6 Å². The molecular formula is C16H20F2N2O. The Morgan fingerprint density at radius 1 is 1.43 bits per heavy atom. The van der Waals surface area contributed by atoms with Gasteiger partial charge in [0.05, 0.1) is 0 Å². The maximum Gasteiger partial charge on any atom is 0.226 e. The fraction of sp³-hybridized carbons (Fsp3) is 0.562. The standard InChI is InChI=1S/C16H20F2N2O/c1-19-9-11-3-2-6-20(11)16(21)14-8-12(14)13-7-10(17)4-5-15(13)18/h4-5,7,11-12,14,19H,2-3,6,8-9H2,1H3/t11-,12-,14+/m0/s1. The van der Waals surface area contributed by atoms with Crippen molar-refractivity contribution in [2.75, 3.05) is 20.1 Å². The highest BCUT2D eigenvalue weighted by molar-refractivity contribution is 5.83. The topological polar surface area (TPSA) is 32.3 Å². The average molecular weight is 294 g/mol. The lowest BCUT2D eigenvalue weighted by Crippen LogP contribution is -2.41. The number of rotatable bonds is 4. The van der Waals surface area contributed by atoms with Crippen molar-refractivity contribution in [1.82, 2.24) is 10.2 Å². The molecule has 1 heterocycles. The molecule has 3 rings (SSSR count). The molecule has 0 bridgehead atoms. The highest BCUT2D eigenvalue weighted by Gasteiger charge is 2.48. The second-order valence-corrected chi connectivity index (χ2v) is 6.00. The van der Waals surface area contributed by atoms with Gasteiger partial charge in [-0.05, 0) is 56.0 Å². The summed E-state index contributed by atoms with van der Waals surface area (Å²) in [5, 5.41) is 3.11. The van der Waals surface area contributed by atoms with E-state index in [0.717, 1.165) is 38.1 Å². The monoisotopic (exact) mass is 294 g/mol. The van der Waals surface area contributed by atoms with E-state index >= 15 is 0 Å². The molecule has 3 nitrogen and oxygen atoms in total. The van der Waals surface area contributed by atoms with Crippen molar-refractivity contribution in [3.05, 3.63) is 35.4 Å². The van der Waals surface area contributed by atoms with Crippen molar-refractivity contribution in [2.45, 2.75) is 31.2 Å². The number of benzene rings is 1. The Labute approximate surface area is 123 Å². The van der Waals surface area contributed by atoms with E-state index in [9.17, 15) is 13.6 Å². The van der Waals surface area contributed by atoms with Gasteiger partial charge in [-0.25, -0.2) is 8.78 Å². The predicted molar refractivity (Wildman–Crippen MR) is 75.9 cm³/mol. The van der Waals surface area contributed by atoms with Crippen LogP contribution < -0.4 is 5.32 Å². The van der Waals surface area contributed by atoms with Crippen LogP contribution in [0.4, 0.5) is 8.78 Å². The molecule has 1 N–H and O–H groups in total. The number of hydrogen-bond donors (Lipinski definition) is 1. The highest BCUT2D eigenvalue weighted by Crippen LogP contribution is 2.50. The van der Waals surface area contributed by atoms with Gasteiger partial charge < -0.3 is 10.2 Å². The molecule has 2 fully saturated rings. The minimum absolute atomic E-state index is 0.0985. The maximum absolute atomic E-state index is 13.8. The smallest absolute Gasteiger partial charge is 0.226 e. The summed E-state index contributed by atoms with van der Waals surface area (Å²) in [7, 11) is 1.88. The fourth-order valence-corrected chi connectivity index (χ4v) is 3.40. The van der Waals surface area contributed by atoms with Crippen LogP contribution in [0.15, 0.2) is 18.2 Å². The van der Waals surface area contributed by atoms with Crippen LogP contribution in [-0.4, -0.2) is 37.0 Å². The molecule has 21 heavy (non-hydrogen) atoms. The molecule has 1 saturated heterocycles. The molecule has 1 saturated carbocycles. The third kappa shape index (κ3) is 2.79. The largest absolute Gasteiger partial charge is 0.338 e. The molecule has 5 heteroatoms. The van der Waals surface area contributed by atoms with Gasteiger partial charge in [0, 0.05) is 25.0 Å². The van der Waals surface area contributed by atoms with Gasteiger partial charge in [0.25, 0.3) is 0 Å². The summed E-state index contributed by atoms with van der Waals surface area (Å²) in [5.74, 6) is -1.10. The number of likely N-dealkylation sites (N-methyl/N-ethyl adjacent to an activating group) is 1. The minimum Gasteiger partial charge on any atom is -0.338 e. The molecule has 114 valence electrons. The molecule has 2 aliphatic rings. The number of likely N-dealkylation sites (tertiary alicyclic amines) is 1. The molecule has 0 spiro atoms. The van der Waals surface area contributed by atoms with Gasteiger partial charge in [-0.3, -0.25) is 4.79 Å². The number of hydrogen-bond acceptors (Lipinski definition) is 2. The van der Waals surface area contributed by atoms with E-state index in [1.54, 1.807) is 0 Å². The van der Waals surface area contributed by atoms with Crippen LogP contribution in [0.25, 0.3) is 0 Å². The maximum atomic E-state index is 13.8. The summed E-state index contributed by atoms with van der Waals surface area (Å²) >= 11 is 0. The number of carbonyl (C=O) groups excluding carboxylic acids is 1. The highest BCUT2D eigenvalue weighted by atomic mass is 19.1. The molecular weight excluding hydrogens is 274 g/mol. The van der Waals surface area contributed by atoms with Crippen molar-refractivity contribution >= 4 is 5.91 Å². The molecule has 0 radical (unpaired) electrons. The molecule has 3 atom stereocenters. The van der Waals surface area contributed by atoms with Crippen molar-refractivity contribution in [1.29, 1.82) is 0 Å². The van der Waals surface area contributed by atoms with Gasteiger partial charge in [0.2, 0.25) is 5.91 Å². The van der Waals surface area contributed by atoms with E-state index in [1.807, 2.05) is 11.9 Å². The van der Waals surface area contributed by atoms with E-state index in [0.29, 0.717) is 12.0 Å². The quantitative estimate of drug-likeness (QED) is 0.924. The van der Waals surface area contributed by atoms with E-state index < -0.39 is 11.6 Å². The number of halogens is 2. The summed E-state index contributed by atoms with van der Waals surface area (Å²) in [5.41, 5.74) is 0.345. The summed E-state index contributed by atoms with van der Waals surface area (Å²) in [6.07, 6.45) is 2.66. The third-order valence-electron chi connectivity index (χ3n) is 4.57. The number of nitrogens with one attached hydrogen (secondary N) is 1. The minimum atomic E-state index is -0.446. The first-order valence-corrected chi connectivity index (χ1v) is 7.52. The number of amides is 1. The van der Waals surface area contributed by atoms with Crippen molar-refractivity contribution in [3.63, 3.8) is 0 Å². The zero-order valence-corrected chi connectivity index (χ0v) is 12.1. The van der Waals surface area contributed by atoms with Crippen LogP contribution in [0.3, 0.4) is 0 Å². The second-order valence-electron chi connectivity index (χ2n) is 6.00. The Hall–Kier alpha value is -1.49. The van der Waals surface area contributed by atoms with E-state index in [-0.39, 0.29) is 23.8 Å². The molecule has 0 aromatic heterocycles. The van der Waals surface area contributed by atoms with Gasteiger partial charge in [-0.1, -0.05) is 0 Å². The Morgan fingerprint density at radius 3 is 3.00 bits per heavy atom. The summed E-state index contributed by atoms with van der Waals surface area (Å²) in [4.78, 5) is 14.5. The summed E-state index contributed by atoms with van der Waals surface area (Å²) < 4.78 is 27.0. The van der Waals surface area contributed by atoms with E-state index in [1.165, 1.54) is 6.07 Å². The Bertz CT molecular complexity index is 549. The van der Waals surface area contributed by atoms with Crippen LogP contribution in [0.2, 0.25) is 0 Å². The van der Waals surface area contributed by atoms with Gasteiger partial charge >= 0.3 is 0 Å². The molecule has 0 unspecified atom stereocenters. The molecule has 1 amide bonds. The number of nitrogens with zero attached hydrogens (tertiary/aromatic N) is 1. The zero-order chi connectivity index (χ0) is 15.0. The summed E-state index contributed by atoms with van der Waals surface area (Å²) in [6, 6.07) is 3.72. The first-order chi connectivity index (χ1) is 10.1. The number of carbonyl (C=O) groups is 1. The van der Waals surface area contributed by atoms with Crippen molar-refractivity contribution < 1.29 is 13.6 Å². The Morgan fingerprint density at radius 2 is 2.24 bits per heavy atom. The van der Waals surface area contributed by atoms with Gasteiger partial charge in [-0.15, -0.1) is 0 Å². The first kappa shape index (κ1) is 14.4. The SMILES string of the molecule is CNC[C@@H]1CCCN1C(=O)[C@@H]1C[C@H]1c1cc(F)ccc1F. The third-order valence-corrected chi connectivity index (χ3v) is 4.57. The lowest BCUT2D eigenvalue weighted by atomic mass is 10.1. The van der Waals surface area contributed by atoms with E-state index in [4.69, 9.17) is 0 Å². The Kier molecular flexibility index (Phi) is 3.93. The van der Waals surface area contributed by atoms with Crippen molar-refractivity contribution in [3.8, 4) is 0 Å². The first-order valence-electron chi connectivity index (χ1n) is 7.52. The van der Waals surface area contributed by atoms with Crippen LogP contribution in [-0.2, 0) is 4.79 Å². The lowest BCUT2D eigenvalue weighted by molar-refractivity contribution is -0.133. The molecule has 1 aromatic carbocycles. The van der Waals surface area contributed by atoms with Crippen LogP contribution in [0.1, 0.15) is 30.7 Å². The van der Waals surface area contributed by atoms with Gasteiger partial charge in [0.15, 0.2) is 0 Å². The Balaban J connectivity index is 1.69. The van der Waals surface area contributed by atoms with Gasteiger partial charge in [0.1, 0.15) is 11.6 Å². The fourth-order valence-electron chi connectivity index (χ4n) is 3.40. The van der Waals surface area contributed by atoms with Gasteiger partial charge in [-0.2, -0.15) is 0 Å². The van der Waals surface area contributed by atoms with Crippen LogP contribution in [0.5, 0.6) is 0 Å².